The maximum Gasteiger partial charge on any atom is 0.410 e. The van der Waals surface area contributed by atoms with Crippen molar-refractivity contribution < 1.29 is 13.3 Å². The van der Waals surface area contributed by atoms with Crippen molar-refractivity contribution in [1.82, 2.24) is 9.78 Å². The Kier molecular flexibility index (Phi) is 4.92. The highest BCUT2D eigenvalue weighted by Gasteiger charge is 2.30. The van der Waals surface area contributed by atoms with Crippen molar-refractivity contribution in [3.05, 3.63) is 16.3 Å². The fraction of sp³-hybridized carbons (Fsp3) is 0.700. The molecule has 9 heteroatoms. The first kappa shape index (κ1) is 15.9. The maximum atomic E-state index is 11.2. The quantitative estimate of drug-likeness (QED) is 0.457. The van der Waals surface area contributed by atoms with Gasteiger partial charge < -0.3 is 10.1 Å². The molecule has 19 heavy (non-hydrogen) atoms. The van der Waals surface area contributed by atoms with Crippen LogP contribution in [0.2, 0.25) is 0 Å². The molecule has 0 aliphatic rings. The minimum atomic E-state index is -4.17. The zero-order chi connectivity index (χ0) is 14.8. The van der Waals surface area contributed by atoms with E-state index >= 15 is 0 Å². The van der Waals surface area contributed by atoms with Gasteiger partial charge in [-0.15, -0.1) is 0 Å². The molecule has 1 aromatic heterocycles. The number of nitro groups is 1. The molecule has 0 saturated carbocycles. The number of aromatic nitrogens is 2. The van der Waals surface area contributed by atoms with E-state index < -0.39 is 24.7 Å². The molecule has 0 aliphatic heterocycles. The van der Waals surface area contributed by atoms with Crippen LogP contribution in [0.15, 0.2) is 11.1 Å². The lowest BCUT2D eigenvalue weighted by Crippen LogP contribution is -2.10. The van der Waals surface area contributed by atoms with Gasteiger partial charge in [-0.25, -0.2) is 8.42 Å². The predicted molar refractivity (Wildman–Crippen MR) is 70.5 cm³/mol. The highest BCUT2D eigenvalue weighted by molar-refractivity contribution is 8.13. The van der Waals surface area contributed by atoms with Gasteiger partial charge in [-0.3, -0.25) is 0 Å². The van der Waals surface area contributed by atoms with E-state index in [-0.39, 0.29) is 5.92 Å². The second-order valence-electron chi connectivity index (χ2n) is 4.97. The Morgan fingerprint density at radius 2 is 2.05 bits per heavy atom. The summed E-state index contributed by atoms with van der Waals surface area (Å²) in [4.78, 5) is 9.34. The third-order valence-electron chi connectivity index (χ3n) is 2.52. The topological polar surface area (TPSA) is 95.1 Å². The Balaban J connectivity index is 3.03. The van der Waals surface area contributed by atoms with Crippen molar-refractivity contribution in [2.75, 3.05) is 0 Å². The van der Waals surface area contributed by atoms with Crippen LogP contribution in [-0.4, -0.2) is 23.1 Å². The second kappa shape index (κ2) is 5.87. The van der Waals surface area contributed by atoms with Gasteiger partial charge in [-0.1, -0.05) is 20.8 Å². The molecular weight excluding hydrogens is 294 g/mol. The molecule has 1 heterocycles. The molecule has 0 bridgehead atoms. The Labute approximate surface area is 116 Å². The van der Waals surface area contributed by atoms with Gasteiger partial charge in [0.15, 0.2) is 0 Å². The van der Waals surface area contributed by atoms with Crippen LogP contribution in [0.4, 0.5) is 5.82 Å². The summed E-state index contributed by atoms with van der Waals surface area (Å²) in [6, 6.07) is 0. The van der Waals surface area contributed by atoms with Gasteiger partial charge in [0, 0.05) is 10.7 Å². The summed E-state index contributed by atoms with van der Waals surface area (Å²) >= 11 is 0. The summed E-state index contributed by atoms with van der Waals surface area (Å²) in [5, 5.41) is 14.4. The largest absolute Gasteiger partial charge is 0.410 e. The highest BCUT2D eigenvalue weighted by Crippen LogP contribution is 2.25. The number of halogens is 1. The second-order valence-corrected chi connectivity index (χ2v) is 7.50. The molecule has 1 atom stereocenters. The number of rotatable bonds is 6. The molecule has 0 spiro atoms. The zero-order valence-electron chi connectivity index (χ0n) is 10.9. The minimum Gasteiger partial charge on any atom is -0.358 e. The van der Waals surface area contributed by atoms with Gasteiger partial charge in [0.1, 0.15) is 0 Å². The summed E-state index contributed by atoms with van der Waals surface area (Å²) < 4.78 is 23.7. The molecule has 0 N–H and O–H groups in total. The van der Waals surface area contributed by atoms with E-state index in [0.717, 1.165) is 12.6 Å². The normalized spacial score (nSPS) is 13.7. The van der Waals surface area contributed by atoms with Crippen LogP contribution in [0.5, 0.6) is 0 Å². The van der Waals surface area contributed by atoms with E-state index in [4.69, 9.17) is 10.7 Å². The summed E-state index contributed by atoms with van der Waals surface area (Å²) in [6.07, 6.45) is 2.02. The monoisotopic (exact) mass is 309 g/mol. The van der Waals surface area contributed by atoms with E-state index in [9.17, 15) is 18.5 Å². The maximum absolute atomic E-state index is 11.2. The van der Waals surface area contributed by atoms with Crippen LogP contribution < -0.4 is 0 Å². The van der Waals surface area contributed by atoms with Gasteiger partial charge in [0.25, 0.3) is 9.05 Å². The van der Waals surface area contributed by atoms with Gasteiger partial charge >= 0.3 is 5.82 Å². The first-order valence-corrected chi connectivity index (χ1v) is 8.08. The van der Waals surface area contributed by atoms with E-state index in [0.29, 0.717) is 12.5 Å². The molecule has 1 unspecified atom stereocenters. The zero-order valence-corrected chi connectivity index (χ0v) is 12.5. The third kappa shape index (κ3) is 4.46. The first-order valence-electron chi connectivity index (χ1n) is 5.77. The van der Waals surface area contributed by atoms with Crippen molar-refractivity contribution in [2.45, 2.75) is 38.6 Å². The molecule has 0 fully saturated rings. The van der Waals surface area contributed by atoms with Crippen molar-refractivity contribution >= 4 is 25.6 Å². The Morgan fingerprint density at radius 3 is 2.42 bits per heavy atom. The van der Waals surface area contributed by atoms with Crippen molar-refractivity contribution in [1.29, 1.82) is 0 Å². The summed E-state index contributed by atoms with van der Waals surface area (Å²) in [5.74, 6) is -0.0195. The van der Waals surface area contributed by atoms with Gasteiger partial charge in [0.05, 0.1) is 17.8 Å². The number of hydrogen-bond acceptors (Lipinski definition) is 5. The van der Waals surface area contributed by atoms with E-state index in [2.05, 4.69) is 18.9 Å². The first-order chi connectivity index (χ1) is 8.61. The average molecular weight is 310 g/mol. The van der Waals surface area contributed by atoms with Crippen molar-refractivity contribution in [3.8, 4) is 0 Å². The molecule has 0 aliphatic carbocycles. The van der Waals surface area contributed by atoms with Crippen LogP contribution in [0.1, 0.15) is 27.2 Å². The summed E-state index contributed by atoms with van der Waals surface area (Å²) in [7, 11) is 0.987. The molecule has 0 radical (unpaired) electrons. The predicted octanol–water partition coefficient (Wildman–Crippen LogP) is 2.40. The van der Waals surface area contributed by atoms with E-state index in [1.807, 2.05) is 6.92 Å². The SMILES string of the molecule is CC(C)CC(C)Cn1cc(S(=O)(=O)Cl)c([N+](=O)[O-])n1. The van der Waals surface area contributed by atoms with Crippen molar-refractivity contribution in [3.63, 3.8) is 0 Å². The molecule has 0 amide bonds. The smallest absolute Gasteiger partial charge is 0.358 e. The highest BCUT2D eigenvalue weighted by atomic mass is 35.7. The molecule has 1 rings (SSSR count). The summed E-state index contributed by atoms with van der Waals surface area (Å²) in [5.41, 5.74) is 0. The Bertz CT molecular complexity index is 567. The molecule has 0 aromatic carbocycles. The van der Waals surface area contributed by atoms with Crippen LogP contribution in [0.25, 0.3) is 0 Å². The molecule has 7 nitrogen and oxygen atoms in total. The number of hydrogen-bond donors (Lipinski definition) is 0. The minimum absolute atomic E-state index is 0.227. The molecular formula is C10H16ClN3O4S. The lowest BCUT2D eigenvalue weighted by atomic mass is 9.99. The number of nitrogens with zero attached hydrogens (tertiary/aromatic N) is 3. The van der Waals surface area contributed by atoms with E-state index in [1.54, 1.807) is 0 Å². The Morgan fingerprint density at radius 1 is 1.47 bits per heavy atom. The average Bonchev–Trinajstić information content (AvgIpc) is 2.59. The van der Waals surface area contributed by atoms with Crippen LogP contribution in [0.3, 0.4) is 0 Å². The van der Waals surface area contributed by atoms with Crippen LogP contribution in [0, 0.1) is 22.0 Å². The van der Waals surface area contributed by atoms with Gasteiger partial charge in [-0.2, -0.15) is 4.68 Å². The van der Waals surface area contributed by atoms with Crippen LogP contribution in [-0.2, 0) is 15.6 Å². The molecule has 0 saturated heterocycles. The van der Waals surface area contributed by atoms with Gasteiger partial charge in [-0.05, 0) is 23.2 Å². The van der Waals surface area contributed by atoms with Gasteiger partial charge in [0.2, 0.25) is 4.90 Å². The summed E-state index contributed by atoms with van der Waals surface area (Å²) in [6.45, 7) is 6.52. The molecule has 1 aromatic rings. The fourth-order valence-electron chi connectivity index (χ4n) is 1.98. The fourth-order valence-corrected chi connectivity index (χ4v) is 2.89. The van der Waals surface area contributed by atoms with Crippen molar-refractivity contribution in [2.24, 2.45) is 11.8 Å². The third-order valence-corrected chi connectivity index (χ3v) is 3.83. The Hall–Kier alpha value is -1.15. The molecule has 108 valence electrons. The lowest BCUT2D eigenvalue weighted by Gasteiger charge is -2.11. The lowest BCUT2D eigenvalue weighted by molar-refractivity contribution is -0.392. The standard InChI is InChI=1S/C10H16ClN3O4S/c1-7(2)4-8(3)5-13-6-9(19(11,17)18)10(12-13)14(15)16/h6-8H,4-5H2,1-3H3. The van der Waals surface area contributed by atoms with E-state index in [1.165, 1.54) is 4.68 Å². The van der Waals surface area contributed by atoms with Crippen LogP contribution >= 0.6 is 10.7 Å².